The Morgan fingerprint density at radius 1 is 1.35 bits per heavy atom. The van der Waals surface area contributed by atoms with Gasteiger partial charge in [-0.3, -0.25) is 4.79 Å². The lowest BCUT2D eigenvalue weighted by atomic mass is 9.83. The zero-order valence-corrected chi connectivity index (χ0v) is 12.7. The first-order valence-corrected chi connectivity index (χ1v) is 8.00. The smallest absolute Gasteiger partial charge is 0.136 e. The van der Waals surface area contributed by atoms with Crippen molar-refractivity contribution in [2.75, 3.05) is 6.61 Å². The summed E-state index contributed by atoms with van der Waals surface area (Å²) in [6.07, 6.45) is 6.01. The van der Waals surface area contributed by atoms with Crippen LogP contribution in [0.1, 0.15) is 63.9 Å². The van der Waals surface area contributed by atoms with Gasteiger partial charge in [-0.2, -0.15) is 0 Å². The highest BCUT2D eigenvalue weighted by molar-refractivity contribution is 5.82. The van der Waals surface area contributed by atoms with Gasteiger partial charge >= 0.3 is 0 Å². The molecule has 0 fully saturated rings. The molecular formula is C18H26O2. The average Bonchev–Trinajstić information content (AvgIpc) is 2.48. The molecule has 1 aliphatic heterocycles. The van der Waals surface area contributed by atoms with E-state index in [-0.39, 0.29) is 5.92 Å². The molecule has 1 aliphatic rings. The van der Waals surface area contributed by atoms with Crippen molar-refractivity contribution in [3.05, 3.63) is 29.8 Å². The number of Topliss-reactive ketones (excluding diaryl/α,β-unsaturated/α-hetero) is 1. The number of rotatable bonds is 7. The Morgan fingerprint density at radius 3 is 2.90 bits per heavy atom. The number of fused-ring (bicyclic) bond motifs is 1. The second-order valence-corrected chi connectivity index (χ2v) is 5.79. The van der Waals surface area contributed by atoms with E-state index in [0.717, 1.165) is 38.0 Å². The lowest BCUT2D eigenvalue weighted by Crippen LogP contribution is -2.21. The zero-order chi connectivity index (χ0) is 14.4. The van der Waals surface area contributed by atoms with Crippen LogP contribution in [0, 0.1) is 5.92 Å². The highest BCUT2D eigenvalue weighted by Gasteiger charge is 2.26. The molecule has 0 saturated carbocycles. The van der Waals surface area contributed by atoms with Crippen LogP contribution in [0.15, 0.2) is 24.3 Å². The molecule has 0 aromatic heterocycles. The SMILES string of the molecule is CCCCC(CC)C(=O)CC1CCOc2ccccc21. The van der Waals surface area contributed by atoms with Crippen molar-refractivity contribution in [1.29, 1.82) is 0 Å². The molecule has 20 heavy (non-hydrogen) atoms. The molecule has 2 heteroatoms. The number of hydrogen-bond acceptors (Lipinski definition) is 2. The van der Waals surface area contributed by atoms with Crippen molar-refractivity contribution in [2.24, 2.45) is 5.92 Å². The Hall–Kier alpha value is -1.31. The van der Waals surface area contributed by atoms with Gasteiger partial charge in [0.1, 0.15) is 11.5 Å². The van der Waals surface area contributed by atoms with Crippen molar-refractivity contribution < 1.29 is 9.53 Å². The number of ether oxygens (including phenoxy) is 1. The molecule has 110 valence electrons. The standard InChI is InChI=1S/C18H26O2/c1-3-5-8-14(4-2)17(19)13-15-11-12-20-18-10-7-6-9-16(15)18/h6-7,9-10,14-15H,3-5,8,11-13H2,1-2H3. The first-order chi connectivity index (χ1) is 9.76. The molecule has 1 aromatic rings. The predicted octanol–water partition coefficient (Wildman–Crippen LogP) is 4.73. The fraction of sp³-hybridized carbons (Fsp3) is 0.611. The number of carbonyl (C=O) groups is 1. The number of unbranched alkanes of at least 4 members (excludes halogenated alkanes) is 1. The third-order valence-corrected chi connectivity index (χ3v) is 4.38. The van der Waals surface area contributed by atoms with Gasteiger partial charge in [0.25, 0.3) is 0 Å². The summed E-state index contributed by atoms with van der Waals surface area (Å²) in [6.45, 7) is 5.06. The summed E-state index contributed by atoms with van der Waals surface area (Å²) in [5.41, 5.74) is 1.22. The van der Waals surface area contributed by atoms with Crippen molar-refractivity contribution in [1.82, 2.24) is 0 Å². The number of benzene rings is 1. The molecule has 1 aromatic carbocycles. The van der Waals surface area contributed by atoms with E-state index >= 15 is 0 Å². The fourth-order valence-corrected chi connectivity index (χ4v) is 3.08. The van der Waals surface area contributed by atoms with Crippen LogP contribution in [-0.2, 0) is 4.79 Å². The monoisotopic (exact) mass is 274 g/mol. The van der Waals surface area contributed by atoms with E-state index in [1.54, 1.807) is 0 Å². The van der Waals surface area contributed by atoms with Crippen LogP contribution in [-0.4, -0.2) is 12.4 Å². The molecule has 2 nitrogen and oxygen atoms in total. The van der Waals surface area contributed by atoms with E-state index in [2.05, 4.69) is 19.9 Å². The molecule has 0 radical (unpaired) electrons. The van der Waals surface area contributed by atoms with E-state index in [4.69, 9.17) is 4.74 Å². The van der Waals surface area contributed by atoms with Gasteiger partial charge in [-0.15, -0.1) is 0 Å². The molecule has 1 heterocycles. The van der Waals surface area contributed by atoms with E-state index in [1.165, 1.54) is 12.0 Å². The number of hydrogen-bond donors (Lipinski definition) is 0. The number of carbonyl (C=O) groups excluding carboxylic acids is 1. The topological polar surface area (TPSA) is 26.3 Å². The summed E-state index contributed by atoms with van der Waals surface area (Å²) in [6, 6.07) is 8.16. The molecule has 0 saturated heterocycles. The lowest BCUT2D eigenvalue weighted by molar-refractivity contribution is -0.123. The van der Waals surface area contributed by atoms with Crippen molar-refractivity contribution in [2.45, 2.75) is 58.3 Å². The lowest BCUT2D eigenvalue weighted by Gasteiger charge is -2.26. The van der Waals surface area contributed by atoms with Crippen LogP contribution in [0.2, 0.25) is 0 Å². The molecule has 0 spiro atoms. The summed E-state index contributed by atoms with van der Waals surface area (Å²) in [7, 11) is 0. The largest absolute Gasteiger partial charge is 0.493 e. The minimum Gasteiger partial charge on any atom is -0.493 e. The maximum absolute atomic E-state index is 12.5. The summed E-state index contributed by atoms with van der Waals surface area (Å²) < 4.78 is 5.68. The minimum atomic E-state index is 0.255. The summed E-state index contributed by atoms with van der Waals surface area (Å²) >= 11 is 0. The van der Waals surface area contributed by atoms with Crippen molar-refractivity contribution in [3.8, 4) is 5.75 Å². The third kappa shape index (κ3) is 3.62. The Labute approximate surface area is 122 Å². The molecule has 2 unspecified atom stereocenters. The van der Waals surface area contributed by atoms with Crippen LogP contribution in [0.3, 0.4) is 0 Å². The second kappa shape index (κ2) is 7.47. The number of ketones is 1. The second-order valence-electron chi connectivity index (χ2n) is 5.79. The molecule has 0 N–H and O–H groups in total. The predicted molar refractivity (Wildman–Crippen MR) is 82.2 cm³/mol. The van der Waals surface area contributed by atoms with Gasteiger partial charge < -0.3 is 4.74 Å². The zero-order valence-electron chi connectivity index (χ0n) is 12.7. The summed E-state index contributed by atoms with van der Waals surface area (Å²) in [4.78, 5) is 12.5. The minimum absolute atomic E-state index is 0.255. The van der Waals surface area contributed by atoms with Crippen molar-refractivity contribution in [3.63, 3.8) is 0 Å². The van der Waals surface area contributed by atoms with Gasteiger partial charge in [0.15, 0.2) is 0 Å². The van der Waals surface area contributed by atoms with Gasteiger partial charge in [-0.05, 0) is 36.8 Å². The van der Waals surface area contributed by atoms with Gasteiger partial charge in [0.2, 0.25) is 0 Å². The normalized spacial score (nSPS) is 19.0. The van der Waals surface area contributed by atoms with E-state index < -0.39 is 0 Å². The van der Waals surface area contributed by atoms with Crippen molar-refractivity contribution >= 4 is 5.78 Å². The summed E-state index contributed by atoms with van der Waals surface area (Å²) in [5, 5.41) is 0. The molecule has 0 amide bonds. The molecule has 2 rings (SSSR count). The first kappa shape index (κ1) is 15.1. The van der Waals surface area contributed by atoms with Crippen LogP contribution in [0.4, 0.5) is 0 Å². The van der Waals surface area contributed by atoms with E-state index in [9.17, 15) is 4.79 Å². The number of para-hydroxylation sites is 1. The molecule has 0 aliphatic carbocycles. The van der Waals surface area contributed by atoms with Crippen LogP contribution < -0.4 is 4.74 Å². The fourth-order valence-electron chi connectivity index (χ4n) is 3.08. The van der Waals surface area contributed by atoms with Gasteiger partial charge in [-0.1, -0.05) is 44.9 Å². The highest BCUT2D eigenvalue weighted by Crippen LogP contribution is 2.36. The highest BCUT2D eigenvalue weighted by atomic mass is 16.5. The molecular weight excluding hydrogens is 248 g/mol. The van der Waals surface area contributed by atoms with Gasteiger partial charge in [0.05, 0.1) is 6.61 Å². The molecule has 0 bridgehead atoms. The van der Waals surface area contributed by atoms with Gasteiger partial charge in [-0.25, -0.2) is 0 Å². The quantitative estimate of drug-likeness (QED) is 0.718. The average molecular weight is 274 g/mol. The third-order valence-electron chi connectivity index (χ3n) is 4.38. The Morgan fingerprint density at radius 2 is 2.15 bits per heavy atom. The van der Waals surface area contributed by atoms with Crippen LogP contribution in [0.5, 0.6) is 5.75 Å². The van der Waals surface area contributed by atoms with E-state index in [1.807, 2.05) is 18.2 Å². The van der Waals surface area contributed by atoms with Crippen LogP contribution >= 0.6 is 0 Å². The maximum Gasteiger partial charge on any atom is 0.136 e. The van der Waals surface area contributed by atoms with Crippen LogP contribution in [0.25, 0.3) is 0 Å². The Kier molecular flexibility index (Phi) is 5.63. The Bertz CT molecular complexity index is 439. The summed E-state index contributed by atoms with van der Waals surface area (Å²) in [5.74, 6) is 2.02. The van der Waals surface area contributed by atoms with E-state index in [0.29, 0.717) is 18.1 Å². The van der Waals surface area contributed by atoms with Gasteiger partial charge in [0, 0.05) is 12.3 Å². The first-order valence-electron chi connectivity index (χ1n) is 8.00. The molecule has 2 atom stereocenters. The maximum atomic E-state index is 12.5. The Balaban J connectivity index is 2.01.